The summed E-state index contributed by atoms with van der Waals surface area (Å²) in [5.41, 5.74) is -0.0725. The fourth-order valence-corrected chi connectivity index (χ4v) is 2.14. The molecular weight excluding hydrogens is 218 g/mol. The van der Waals surface area contributed by atoms with E-state index in [0.717, 1.165) is 44.7 Å². The number of H-pyrrole nitrogens is 1. The number of aromatic nitrogens is 2. The summed E-state index contributed by atoms with van der Waals surface area (Å²) < 4.78 is 5.52. The van der Waals surface area contributed by atoms with E-state index in [1.54, 1.807) is 0 Å². The van der Waals surface area contributed by atoms with Gasteiger partial charge >= 0.3 is 0 Å². The molecule has 2 aliphatic rings. The first kappa shape index (κ1) is 10.8. The molecule has 0 aromatic carbocycles. The topological polar surface area (TPSA) is 67.0 Å². The van der Waals surface area contributed by atoms with Crippen LogP contribution in [0.5, 0.6) is 0 Å². The third-order valence-electron chi connectivity index (χ3n) is 3.26. The molecule has 2 heterocycles. The molecule has 1 aliphatic carbocycles. The summed E-state index contributed by atoms with van der Waals surface area (Å²) in [4.78, 5) is 18.7. The van der Waals surface area contributed by atoms with Crippen LogP contribution < -0.4 is 10.9 Å². The number of anilines is 1. The number of hydrogen-bond donors (Lipinski definition) is 2. The number of nitrogens with zero attached hydrogens (tertiary/aromatic N) is 1. The zero-order chi connectivity index (χ0) is 11.7. The Labute approximate surface area is 99.6 Å². The molecule has 1 saturated carbocycles. The van der Waals surface area contributed by atoms with Crippen molar-refractivity contribution in [3.63, 3.8) is 0 Å². The Morgan fingerprint density at radius 2 is 2.35 bits per heavy atom. The summed E-state index contributed by atoms with van der Waals surface area (Å²) in [6.45, 7) is 1.59. The molecule has 3 rings (SSSR count). The minimum absolute atomic E-state index is 0.0725. The fourth-order valence-electron chi connectivity index (χ4n) is 2.14. The number of hydrogen-bond acceptors (Lipinski definition) is 4. The Hall–Kier alpha value is -1.36. The van der Waals surface area contributed by atoms with Crippen LogP contribution in [0, 0.1) is 0 Å². The third-order valence-corrected chi connectivity index (χ3v) is 3.26. The Balaban J connectivity index is 1.66. The van der Waals surface area contributed by atoms with Crippen molar-refractivity contribution in [1.82, 2.24) is 9.97 Å². The molecule has 1 unspecified atom stereocenters. The van der Waals surface area contributed by atoms with E-state index in [4.69, 9.17) is 4.74 Å². The maximum Gasteiger partial charge on any atom is 0.252 e. The highest BCUT2D eigenvalue weighted by Crippen LogP contribution is 2.37. The molecule has 2 N–H and O–H groups in total. The van der Waals surface area contributed by atoms with Crippen molar-refractivity contribution in [2.75, 3.05) is 18.5 Å². The van der Waals surface area contributed by atoms with Crippen LogP contribution in [0.1, 0.15) is 37.4 Å². The second kappa shape index (κ2) is 4.49. The Morgan fingerprint density at radius 3 is 3.06 bits per heavy atom. The Kier molecular flexibility index (Phi) is 2.84. The molecule has 1 atom stereocenters. The van der Waals surface area contributed by atoms with Crippen LogP contribution in [0.25, 0.3) is 0 Å². The molecule has 5 heteroatoms. The minimum atomic E-state index is -0.0725. The molecule has 0 radical (unpaired) electrons. The molecule has 1 aliphatic heterocycles. The van der Waals surface area contributed by atoms with Gasteiger partial charge in [0.05, 0.1) is 6.10 Å². The smallest absolute Gasteiger partial charge is 0.252 e. The molecule has 0 bridgehead atoms. The second-order valence-electron chi connectivity index (χ2n) is 4.81. The summed E-state index contributed by atoms with van der Waals surface area (Å²) in [6.07, 6.45) is 4.75. The van der Waals surface area contributed by atoms with Crippen LogP contribution in [-0.4, -0.2) is 29.2 Å². The number of nitrogens with one attached hydrogen (secondary N) is 2. The molecular formula is C12H17N3O2. The van der Waals surface area contributed by atoms with Gasteiger partial charge < -0.3 is 15.0 Å². The summed E-state index contributed by atoms with van der Waals surface area (Å²) in [5, 5.41) is 3.19. The SMILES string of the molecule is O=c1cc(NCC2CCCO2)nc(C2CC2)[nH]1. The molecule has 1 aromatic heterocycles. The van der Waals surface area contributed by atoms with Gasteiger partial charge in [-0.25, -0.2) is 4.98 Å². The predicted octanol–water partition coefficient (Wildman–Crippen LogP) is 1.24. The summed E-state index contributed by atoms with van der Waals surface area (Å²) in [5.74, 6) is 1.96. The van der Waals surface area contributed by atoms with Gasteiger partial charge in [-0.05, 0) is 25.7 Å². The normalized spacial score (nSPS) is 23.9. The van der Waals surface area contributed by atoms with Crippen LogP contribution in [0.4, 0.5) is 5.82 Å². The average molecular weight is 235 g/mol. The maximum atomic E-state index is 11.5. The molecule has 2 fully saturated rings. The van der Waals surface area contributed by atoms with E-state index < -0.39 is 0 Å². The van der Waals surface area contributed by atoms with E-state index in [-0.39, 0.29) is 11.7 Å². The molecule has 0 spiro atoms. The van der Waals surface area contributed by atoms with Crippen molar-refractivity contribution < 1.29 is 4.74 Å². The molecule has 17 heavy (non-hydrogen) atoms. The van der Waals surface area contributed by atoms with E-state index >= 15 is 0 Å². The standard InChI is InChI=1S/C12H17N3O2/c16-11-6-10(13-7-9-2-1-5-17-9)14-12(15-11)8-3-4-8/h6,8-9H,1-5,7H2,(H2,13,14,15,16). The molecule has 1 saturated heterocycles. The first-order valence-electron chi connectivity index (χ1n) is 6.28. The quantitative estimate of drug-likeness (QED) is 0.824. The van der Waals surface area contributed by atoms with E-state index in [2.05, 4.69) is 15.3 Å². The third kappa shape index (κ3) is 2.66. The van der Waals surface area contributed by atoms with Crippen LogP contribution in [0.3, 0.4) is 0 Å². The summed E-state index contributed by atoms with van der Waals surface area (Å²) in [6, 6.07) is 1.51. The Morgan fingerprint density at radius 1 is 1.47 bits per heavy atom. The molecule has 1 aromatic rings. The van der Waals surface area contributed by atoms with Gasteiger partial charge in [0.2, 0.25) is 0 Å². The predicted molar refractivity (Wildman–Crippen MR) is 64.3 cm³/mol. The van der Waals surface area contributed by atoms with Crippen molar-refractivity contribution in [3.05, 3.63) is 22.2 Å². The van der Waals surface area contributed by atoms with Crippen LogP contribution in [-0.2, 0) is 4.74 Å². The first-order valence-corrected chi connectivity index (χ1v) is 6.28. The van der Waals surface area contributed by atoms with Crippen molar-refractivity contribution in [3.8, 4) is 0 Å². The van der Waals surface area contributed by atoms with Crippen LogP contribution >= 0.6 is 0 Å². The summed E-state index contributed by atoms with van der Waals surface area (Å²) in [7, 11) is 0. The number of rotatable bonds is 4. The van der Waals surface area contributed by atoms with Crippen molar-refractivity contribution in [2.45, 2.75) is 37.7 Å². The number of ether oxygens (including phenoxy) is 1. The van der Waals surface area contributed by atoms with Crippen LogP contribution in [0.2, 0.25) is 0 Å². The fraction of sp³-hybridized carbons (Fsp3) is 0.667. The van der Waals surface area contributed by atoms with Gasteiger partial charge in [-0.3, -0.25) is 4.79 Å². The van der Waals surface area contributed by atoms with Gasteiger partial charge in [-0.1, -0.05) is 0 Å². The van der Waals surface area contributed by atoms with E-state index in [1.807, 2.05) is 0 Å². The lowest BCUT2D eigenvalue weighted by Gasteiger charge is -2.11. The molecule has 5 nitrogen and oxygen atoms in total. The van der Waals surface area contributed by atoms with Gasteiger partial charge in [0, 0.05) is 25.1 Å². The maximum absolute atomic E-state index is 11.5. The Bertz CT molecular complexity index is 447. The van der Waals surface area contributed by atoms with Gasteiger partial charge in [0.1, 0.15) is 11.6 Å². The van der Waals surface area contributed by atoms with Gasteiger partial charge in [0.25, 0.3) is 5.56 Å². The van der Waals surface area contributed by atoms with E-state index in [9.17, 15) is 4.79 Å². The largest absolute Gasteiger partial charge is 0.376 e. The molecule has 92 valence electrons. The highest BCUT2D eigenvalue weighted by molar-refractivity contribution is 5.34. The van der Waals surface area contributed by atoms with Gasteiger partial charge in [-0.15, -0.1) is 0 Å². The molecule has 0 amide bonds. The van der Waals surface area contributed by atoms with Crippen molar-refractivity contribution in [1.29, 1.82) is 0 Å². The van der Waals surface area contributed by atoms with Gasteiger partial charge in [-0.2, -0.15) is 0 Å². The highest BCUT2D eigenvalue weighted by atomic mass is 16.5. The zero-order valence-corrected chi connectivity index (χ0v) is 9.74. The highest BCUT2D eigenvalue weighted by Gasteiger charge is 2.26. The summed E-state index contributed by atoms with van der Waals surface area (Å²) >= 11 is 0. The monoisotopic (exact) mass is 235 g/mol. The first-order chi connectivity index (χ1) is 8.31. The lowest BCUT2D eigenvalue weighted by atomic mass is 10.2. The van der Waals surface area contributed by atoms with E-state index in [1.165, 1.54) is 6.07 Å². The average Bonchev–Trinajstić information content (AvgIpc) is 3.04. The minimum Gasteiger partial charge on any atom is -0.376 e. The van der Waals surface area contributed by atoms with E-state index in [0.29, 0.717) is 11.7 Å². The lowest BCUT2D eigenvalue weighted by Crippen LogP contribution is -2.21. The van der Waals surface area contributed by atoms with Crippen molar-refractivity contribution in [2.24, 2.45) is 0 Å². The second-order valence-corrected chi connectivity index (χ2v) is 4.81. The van der Waals surface area contributed by atoms with Crippen LogP contribution in [0.15, 0.2) is 10.9 Å². The van der Waals surface area contributed by atoms with Gasteiger partial charge in [0.15, 0.2) is 0 Å². The lowest BCUT2D eigenvalue weighted by molar-refractivity contribution is 0.120. The zero-order valence-electron chi connectivity index (χ0n) is 9.74. The van der Waals surface area contributed by atoms with Crippen molar-refractivity contribution >= 4 is 5.82 Å². The number of aromatic amines is 1.